The van der Waals surface area contributed by atoms with Gasteiger partial charge < -0.3 is 19.1 Å². The third-order valence-electron chi connectivity index (χ3n) is 7.06. The van der Waals surface area contributed by atoms with Gasteiger partial charge >= 0.3 is 6.18 Å². The van der Waals surface area contributed by atoms with Gasteiger partial charge in [-0.2, -0.15) is 13.2 Å². The van der Waals surface area contributed by atoms with Crippen LogP contribution in [0.15, 0.2) is 107 Å². The molecule has 4 aromatic carbocycles. The molecular formula is C40H38F5N3O3S. The van der Waals surface area contributed by atoms with Gasteiger partial charge in [-0.05, 0) is 59.7 Å². The minimum Gasteiger partial charge on any atom is -0.383 e. The van der Waals surface area contributed by atoms with Gasteiger partial charge in [-0.1, -0.05) is 60.6 Å². The average Bonchev–Trinajstić information content (AvgIpc) is 3.28. The molecule has 52 heavy (non-hydrogen) atoms. The van der Waals surface area contributed by atoms with Crippen LogP contribution in [0.4, 0.5) is 22.0 Å². The Hall–Kier alpha value is -4.52. The molecule has 0 unspecified atom stereocenters. The Kier molecular flexibility index (Phi) is 5.40. The van der Waals surface area contributed by atoms with E-state index in [-0.39, 0.29) is 15.7 Å². The predicted molar refractivity (Wildman–Crippen MR) is 193 cm³/mol. The van der Waals surface area contributed by atoms with Crippen LogP contribution in [0.25, 0.3) is 22.0 Å². The topological polar surface area (TPSA) is 54.8 Å². The van der Waals surface area contributed by atoms with Crippen molar-refractivity contribution in [2.75, 3.05) is 33.1 Å². The van der Waals surface area contributed by atoms with Gasteiger partial charge in [0.15, 0.2) is 17.1 Å². The Morgan fingerprint density at radius 1 is 1.06 bits per heavy atom. The molecule has 1 aliphatic heterocycles. The summed E-state index contributed by atoms with van der Waals surface area (Å²) in [5.41, 5.74) is -9.38. The second kappa shape index (κ2) is 16.4. The number of halogens is 5. The van der Waals surface area contributed by atoms with Gasteiger partial charge in [0.1, 0.15) is 6.54 Å². The molecule has 6 nitrogen and oxygen atoms in total. The van der Waals surface area contributed by atoms with Gasteiger partial charge in [-0.3, -0.25) is 9.59 Å². The highest BCUT2D eigenvalue weighted by Gasteiger charge is 2.31. The Labute approximate surface area is 337 Å². The van der Waals surface area contributed by atoms with Crippen LogP contribution < -0.4 is 5.43 Å². The van der Waals surface area contributed by atoms with Crippen molar-refractivity contribution in [2.24, 2.45) is 0 Å². The number of thioether (sulfide) groups is 1. The van der Waals surface area contributed by atoms with E-state index in [2.05, 4.69) is 4.74 Å². The number of alkyl halides is 3. The van der Waals surface area contributed by atoms with Crippen LogP contribution >= 0.6 is 11.8 Å². The number of hydrogen-bond acceptors (Lipinski definition) is 5. The van der Waals surface area contributed by atoms with E-state index in [0.717, 1.165) is 42.5 Å². The standard InChI is InChI=1S/C40H38F5N3O3S/c1-51-22-21-46-19-17-32(18-20-46)47(24-27-9-11-28(12-10-27)29-13-15-31(16-14-29)40(43,44)45)37(50)25-48-35-8-3-2-6-33(35)36(49)23-38(48)52-26-30-5-4-7-34(41)39(30)42/h2-16,23,32H,17-22,24-26H2,1H3/i1D3,2D,3D,6D,8D,17D2,18D2,19D2,20D2,21D2,22D2,23D,24D2,26D2,32D. The zero-order valence-corrected chi connectivity index (χ0v) is 26.7. The number of aromatic nitrogens is 1. The maximum atomic E-state index is 15.6. The highest BCUT2D eigenvalue weighted by Crippen LogP contribution is 2.32. The molecular weight excluding hydrogens is 698 g/mol. The van der Waals surface area contributed by atoms with E-state index in [4.69, 9.17) is 24.7 Å². The summed E-state index contributed by atoms with van der Waals surface area (Å²) in [7, 11) is -3.93. The fourth-order valence-electron chi connectivity index (χ4n) is 4.60. The normalized spacial score (nSPS) is 27.1. The van der Waals surface area contributed by atoms with Crippen molar-refractivity contribution in [3.8, 4) is 11.1 Å². The summed E-state index contributed by atoms with van der Waals surface area (Å²) in [6.45, 7) is -24.9. The number of hydrogen-bond donors (Lipinski definition) is 0. The van der Waals surface area contributed by atoms with Crippen molar-refractivity contribution in [2.45, 2.75) is 48.7 Å². The van der Waals surface area contributed by atoms with Crippen molar-refractivity contribution >= 4 is 28.6 Å². The molecule has 0 N–H and O–H groups in total. The lowest BCUT2D eigenvalue weighted by Crippen LogP contribution is -2.48. The van der Waals surface area contributed by atoms with Crippen LogP contribution in [-0.4, -0.2) is 59.4 Å². The van der Waals surface area contributed by atoms with Crippen molar-refractivity contribution in [3.05, 3.63) is 135 Å². The van der Waals surface area contributed by atoms with Gasteiger partial charge in [-0.15, -0.1) is 11.8 Å². The Balaban J connectivity index is 1.71. The van der Waals surface area contributed by atoms with Gasteiger partial charge in [0.2, 0.25) is 5.91 Å². The summed E-state index contributed by atoms with van der Waals surface area (Å²) in [6, 6.07) is -2.47. The van der Waals surface area contributed by atoms with E-state index >= 15 is 9.18 Å². The van der Waals surface area contributed by atoms with Crippen molar-refractivity contribution in [1.29, 1.82) is 0 Å². The fraction of sp³-hybridized carbons (Fsp3) is 0.300. The molecule has 12 heteroatoms. The lowest BCUT2D eigenvalue weighted by molar-refractivity contribution is -0.137. The van der Waals surface area contributed by atoms with Crippen LogP contribution in [0.1, 0.15) is 63.7 Å². The largest absolute Gasteiger partial charge is 0.416 e. The van der Waals surface area contributed by atoms with E-state index in [1.165, 1.54) is 0 Å². The summed E-state index contributed by atoms with van der Waals surface area (Å²) in [5.74, 6) is -5.79. The van der Waals surface area contributed by atoms with E-state index in [1.54, 1.807) is 0 Å². The van der Waals surface area contributed by atoms with Gasteiger partial charge in [0, 0.05) is 78.2 Å². The molecule has 5 aromatic rings. The van der Waals surface area contributed by atoms with Crippen LogP contribution in [0.5, 0.6) is 0 Å². The fourth-order valence-corrected chi connectivity index (χ4v) is 5.37. The number of benzene rings is 4. The smallest absolute Gasteiger partial charge is 0.383 e. The molecule has 272 valence electrons. The second-order valence-electron chi connectivity index (χ2n) is 10.3. The summed E-state index contributed by atoms with van der Waals surface area (Å²) in [6.07, 6.45) is -14.6. The third-order valence-corrected chi connectivity index (χ3v) is 7.90. The molecule has 1 aliphatic rings. The summed E-state index contributed by atoms with van der Waals surface area (Å²) >= 11 is -0.397. The number of rotatable bonds is 12. The first-order valence-electron chi connectivity index (χ1n) is 27.0. The van der Waals surface area contributed by atoms with Gasteiger partial charge in [0.25, 0.3) is 0 Å². The molecule has 0 atom stereocenters. The molecule has 0 saturated carbocycles. The summed E-state index contributed by atoms with van der Waals surface area (Å²) < 4.78 is 292. The quantitative estimate of drug-likeness (QED) is 0.0945. The van der Waals surface area contributed by atoms with Crippen LogP contribution in [0, 0.1) is 11.6 Å². The predicted octanol–water partition coefficient (Wildman–Crippen LogP) is 8.40. The Morgan fingerprint density at radius 2 is 1.75 bits per heavy atom. The maximum Gasteiger partial charge on any atom is 0.416 e. The number of carbonyl (C=O) groups is 1. The van der Waals surface area contributed by atoms with E-state index in [9.17, 15) is 32.0 Å². The molecule has 0 spiro atoms. The zero-order valence-electron chi connectivity index (χ0n) is 50.9. The number of likely N-dealkylation sites (tertiary alicyclic amines) is 1. The Bertz CT molecular complexity index is 3200. The van der Waals surface area contributed by atoms with Crippen molar-refractivity contribution < 1.29 is 65.8 Å². The lowest BCUT2D eigenvalue weighted by atomic mass is 10.00. The lowest BCUT2D eigenvalue weighted by Gasteiger charge is -2.39. The first-order valence-corrected chi connectivity index (χ1v) is 15.3. The molecule has 6 rings (SSSR count). The number of piperidine rings is 1. The van der Waals surface area contributed by atoms with Gasteiger partial charge in [0.05, 0.1) is 40.5 Å². The molecule has 0 bridgehead atoms. The van der Waals surface area contributed by atoms with Crippen LogP contribution in [0.2, 0.25) is 0 Å². The van der Waals surface area contributed by atoms with E-state index in [1.807, 2.05) is 0 Å². The minimum absolute atomic E-state index is 0.0124. The number of pyridine rings is 1. The number of methoxy groups -OCH3 is 1. The first kappa shape index (κ1) is 17.1. The highest BCUT2D eigenvalue weighted by atomic mass is 32.2. The van der Waals surface area contributed by atoms with Crippen molar-refractivity contribution in [3.63, 3.8) is 0 Å². The molecule has 0 radical (unpaired) electrons. The SMILES string of the molecule is [2H]c1c([2H])c([2H])c2c(c1[2H])c(=O)c([2H])c(SC([2H])([2H])c1cccc(F)c1F)n2CC(=O)N(C([2H])([2H])c1ccc(-c2ccc(C(F)(F)F)cc2)cc1)C1([2H])C([2H])([2H])C([2H])([2H])N(C([2H])([2H])C([2H])([2H])OC([2H])([2H])[2H])C([2H])([2H])C1([2H])[2H]. The maximum absolute atomic E-state index is 15.6. The minimum atomic E-state index is -4.92. The monoisotopic (exact) mass is 760 g/mol. The summed E-state index contributed by atoms with van der Waals surface area (Å²) in [4.78, 5) is 27.7. The number of nitrogens with zero attached hydrogens (tertiary/aromatic N) is 3. The number of carbonyl (C=O) groups excluding carboxylic acids is 1. The Morgan fingerprint density at radius 3 is 2.44 bits per heavy atom. The molecule has 2 heterocycles. The summed E-state index contributed by atoms with van der Waals surface area (Å²) in [5, 5.41) is -2.40. The number of amides is 1. The zero-order chi connectivity index (χ0) is 58.9. The van der Waals surface area contributed by atoms with E-state index < -0.39 is 184 Å². The number of para-hydroxylation sites is 1. The molecule has 1 fully saturated rings. The highest BCUT2D eigenvalue weighted by molar-refractivity contribution is 7.98. The molecule has 1 amide bonds. The average molecular weight is 761 g/mol. The van der Waals surface area contributed by atoms with Crippen LogP contribution in [-0.2, 0) is 34.5 Å². The number of fused-ring (bicyclic) bond motifs is 1. The second-order valence-corrected chi connectivity index (χ2v) is 11.1. The van der Waals surface area contributed by atoms with Crippen molar-refractivity contribution in [1.82, 2.24) is 14.4 Å². The van der Waals surface area contributed by atoms with Crippen LogP contribution in [0.3, 0.4) is 0 Å². The van der Waals surface area contributed by atoms with Gasteiger partial charge in [-0.25, -0.2) is 8.78 Å². The first-order chi connectivity index (χ1) is 34.6. The molecule has 1 saturated heterocycles. The molecule has 1 aromatic heterocycles. The third kappa shape index (κ3) is 8.74. The number of ether oxygens (including phenoxy) is 1. The molecule has 0 aliphatic carbocycles. The van der Waals surface area contributed by atoms with E-state index in [0.29, 0.717) is 24.3 Å².